The van der Waals surface area contributed by atoms with Gasteiger partial charge in [-0.3, -0.25) is 9.59 Å². The summed E-state index contributed by atoms with van der Waals surface area (Å²) in [6.07, 6.45) is 0. The van der Waals surface area contributed by atoms with E-state index in [1.54, 1.807) is 18.2 Å². The molecule has 126 valence electrons. The van der Waals surface area contributed by atoms with Gasteiger partial charge in [-0.2, -0.15) is 0 Å². The second kappa shape index (κ2) is 7.68. The molecule has 0 radical (unpaired) electrons. The van der Waals surface area contributed by atoms with Crippen molar-refractivity contribution in [3.8, 4) is 0 Å². The van der Waals surface area contributed by atoms with E-state index in [-0.39, 0.29) is 30.6 Å². The van der Waals surface area contributed by atoms with Crippen LogP contribution < -0.4 is 10.2 Å². The topological polar surface area (TPSA) is 49.4 Å². The van der Waals surface area contributed by atoms with E-state index in [9.17, 15) is 18.4 Å². The SMILES string of the molecule is CC(=O)N(CCNC(=O)c1cccc(C)c1)c1ccc(F)c(F)c1. The van der Waals surface area contributed by atoms with Crippen molar-refractivity contribution < 1.29 is 18.4 Å². The lowest BCUT2D eigenvalue weighted by Gasteiger charge is -2.21. The lowest BCUT2D eigenvalue weighted by molar-refractivity contribution is -0.116. The van der Waals surface area contributed by atoms with Crippen molar-refractivity contribution in [3.63, 3.8) is 0 Å². The second-order valence-corrected chi connectivity index (χ2v) is 5.39. The summed E-state index contributed by atoms with van der Waals surface area (Å²) in [5.41, 5.74) is 1.73. The first-order chi connectivity index (χ1) is 11.4. The number of aryl methyl sites for hydroxylation is 1. The number of hydrogen-bond donors (Lipinski definition) is 1. The number of rotatable bonds is 5. The fourth-order valence-corrected chi connectivity index (χ4v) is 2.29. The molecule has 0 aromatic heterocycles. The molecule has 0 heterocycles. The van der Waals surface area contributed by atoms with Crippen molar-refractivity contribution in [2.24, 2.45) is 0 Å². The van der Waals surface area contributed by atoms with Crippen molar-refractivity contribution >= 4 is 17.5 Å². The normalized spacial score (nSPS) is 10.3. The summed E-state index contributed by atoms with van der Waals surface area (Å²) >= 11 is 0. The highest BCUT2D eigenvalue weighted by Gasteiger charge is 2.14. The Balaban J connectivity index is 2.00. The highest BCUT2D eigenvalue weighted by atomic mass is 19.2. The molecule has 0 spiro atoms. The molecular formula is C18H18F2N2O2. The van der Waals surface area contributed by atoms with Crippen molar-refractivity contribution in [1.82, 2.24) is 5.32 Å². The summed E-state index contributed by atoms with van der Waals surface area (Å²) in [5, 5.41) is 2.71. The number of nitrogens with one attached hydrogen (secondary N) is 1. The molecule has 0 unspecified atom stereocenters. The Labute approximate surface area is 139 Å². The van der Waals surface area contributed by atoms with Crippen LogP contribution in [-0.4, -0.2) is 24.9 Å². The van der Waals surface area contributed by atoms with Gasteiger partial charge in [-0.1, -0.05) is 17.7 Å². The van der Waals surface area contributed by atoms with E-state index in [0.717, 1.165) is 17.7 Å². The molecular weight excluding hydrogens is 314 g/mol. The van der Waals surface area contributed by atoms with E-state index in [1.807, 2.05) is 13.0 Å². The Kier molecular flexibility index (Phi) is 5.63. The van der Waals surface area contributed by atoms with Crippen LogP contribution in [0.15, 0.2) is 42.5 Å². The Morgan fingerprint density at radius 1 is 1.08 bits per heavy atom. The van der Waals surface area contributed by atoms with E-state index < -0.39 is 11.6 Å². The fourth-order valence-electron chi connectivity index (χ4n) is 2.29. The van der Waals surface area contributed by atoms with Gasteiger partial charge < -0.3 is 10.2 Å². The zero-order valence-corrected chi connectivity index (χ0v) is 13.5. The monoisotopic (exact) mass is 332 g/mol. The van der Waals surface area contributed by atoms with Gasteiger partial charge in [0.05, 0.1) is 0 Å². The molecule has 1 N–H and O–H groups in total. The van der Waals surface area contributed by atoms with Crippen LogP contribution in [0.4, 0.5) is 14.5 Å². The first kappa shape index (κ1) is 17.6. The average molecular weight is 332 g/mol. The molecule has 4 nitrogen and oxygen atoms in total. The predicted octanol–water partition coefficient (Wildman–Crippen LogP) is 3.06. The Hall–Kier alpha value is -2.76. The molecule has 0 saturated heterocycles. The molecule has 2 aromatic carbocycles. The van der Waals surface area contributed by atoms with Gasteiger partial charge in [0.2, 0.25) is 5.91 Å². The summed E-state index contributed by atoms with van der Waals surface area (Å²) in [6, 6.07) is 10.4. The molecule has 0 aliphatic carbocycles. The summed E-state index contributed by atoms with van der Waals surface area (Å²) in [6.45, 7) is 3.55. The number of anilines is 1. The van der Waals surface area contributed by atoms with Crippen LogP contribution >= 0.6 is 0 Å². The predicted molar refractivity (Wildman–Crippen MR) is 87.9 cm³/mol. The average Bonchev–Trinajstić information content (AvgIpc) is 2.54. The number of halogens is 2. The Morgan fingerprint density at radius 3 is 2.46 bits per heavy atom. The van der Waals surface area contributed by atoms with E-state index in [0.29, 0.717) is 5.56 Å². The molecule has 24 heavy (non-hydrogen) atoms. The van der Waals surface area contributed by atoms with E-state index in [4.69, 9.17) is 0 Å². The highest BCUT2D eigenvalue weighted by Crippen LogP contribution is 2.18. The summed E-state index contributed by atoms with van der Waals surface area (Å²) in [5.74, 6) is -2.59. The minimum atomic E-state index is -1.03. The number of carbonyl (C=O) groups excluding carboxylic acids is 2. The Bertz CT molecular complexity index is 762. The number of carbonyl (C=O) groups is 2. The number of amides is 2. The smallest absolute Gasteiger partial charge is 0.251 e. The summed E-state index contributed by atoms with van der Waals surface area (Å²) in [7, 11) is 0. The van der Waals surface area contributed by atoms with Crippen molar-refractivity contribution in [2.45, 2.75) is 13.8 Å². The van der Waals surface area contributed by atoms with Gasteiger partial charge in [-0.05, 0) is 31.2 Å². The van der Waals surface area contributed by atoms with Gasteiger partial charge in [0.15, 0.2) is 11.6 Å². The highest BCUT2D eigenvalue weighted by molar-refractivity contribution is 5.94. The van der Waals surface area contributed by atoms with Crippen molar-refractivity contribution in [1.29, 1.82) is 0 Å². The van der Waals surface area contributed by atoms with Gasteiger partial charge in [-0.15, -0.1) is 0 Å². The maximum absolute atomic E-state index is 13.3. The maximum Gasteiger partial charge on any atom is 0.251 e. The van der Waals surface area contributed by atoms with E-state index in [1.165, 1.54) is 17.9 Å². The first-order valence-corrected chi connectivity index (χ1v) is 7.46. The minimum Gasteiger partial charge on any atom is -0.350 e. The molecule has 2 amide bonds. The van der Waals surface area contributed by atoms with Gasteiger partial charge in [-0.25, -0.2) is 8.78 Å². The lowest BCUT2D eigenvalue weighted by Crippen LogP contribution is -2.37. The van der Waals surface area contributed by atoms with Gasteiger partial charge in [0.1, 0.15) is 0 Å². The van der Waals surface area contributed by atoms with Gasteiger partial charge in [0, 0.05) is 37.3 Å². The molecule has 0 aliphatic heterocycles. The summed E-state index contributed by atoms with van der Waals surface area (Å²) in [4.78, 5) is 25.1. The van der Waals surface area contributed by atoms with Crippen LogP contribution in [0.2, 0.25) is 0 Å². The van der Waals surface area contributed by atoms with Crippen LogP contribution in [0.5, 0.6) is 0 Å². The van der Waals surface area contributed by atoms with Gasteiger partial charge >= 0.3 is 0 Å². The molecule has 0 aliphatic rings. The molecule has 0 bridgehead atoms. The van der Waals surface area contributed by atoms with Gasteiger partial charge in [0.25, 0.3) is 5.91 Å². The molecule has 0 saturated carbocycles. The third-order valence-corrected chi connectivity index (χ3v) is 3.50. The largest absolute Gasteiger partial charge is 0.350 e. The second-order valence-electron chi connectivity index (χ2n) is 5.39. The van der Waals surface area contributed by atoms with Crippen LogP contribution in [0.1, 0.15) is 22.8 Å². The number of hydrogen-bond acceptors (Lipinski definition) is 2. The standard InChI is InChI=1S/C18H18F2N2O2/c1-12-4-3-5-14(10-12)18(24)21-8-9-22(13(2)23)15-6-7-16(19)17(20)11-15/h3-7,10-11H,8-9H2,1-2H3,(H,21,24). The van der Waals surface area contributed by atoms with Crippen molar-refractivity contribution in [2.75, 3.05) is 18.0 Å². The van der Waals surface area contributed by atoms with Crippen molar-refractivity contribution in [3.05, 3.63) is 65.2 Å². The molecule has 0 atom stereocenters. The third kappa shape index (κ3) is 4.38. The third-order valence-electron chi connectivity index (χ3n) is 3.50. The van der Waals surface area contributed by atoms with Crippen LogP contribution in [-0.2, 0) is 4.79 Å². The van der Waals surface area contributed by atoms with Crippen LogP contribution in [0, 0.1) is 18.6 Å². The maximum atomic E-state index is 13.3. The van der Waals surface area contributed by atoms with E-state index >= 15 is 0 Å². The van der Waals surface area contributed by atoms with Crippen LogP contribution in [0.3, 0.4) is 0 Å². The lowest BCUT2D eigenvalue weighted by atomic mass is 10.1. The molecule has 2 aromatic rings. The zero-order chi connectivity index (χ0) is 17.7. The van der Waals surface area contributed by atoms with Crippen LogP contribution in [0.25, 0.3) is 0 Å². The number of nitrogens with zero attached hydrogens (tertiary/aromatic N) is 1. The molecule has 2 rings (SSSR count). The summed E-state index contributed by atoms with van der Waals surface area (Å²) < 4.78 is 26.3. The zero-order valence-electron chi connectivity index (χ0n) is 13.5. The quantitative estimate of drug-likeness (QED) is 0.915. The van der Waals surface area contributed by atoms with E-state index in [2.05, 4.69) is 5.32 Å². The number of benzene rings is 2. The fraction of sp³-hybridized carbons (Fsp3) is 0.222. The molecule has 0 fully saturated rings. The Morgan fingerprint density at radius 2 is 1.83 bits per heavy atom. The first-order valence-electron chi connectivity index (χ1n) is 7.46. The molecule has 6 heteroatoms. The minimum absolute atomic E-state index is 0.151.